The van der Waals surface area contributed by atoms with Gasteiger partial charge in [-0.2, -0.15) is 5.26 Å². The van der Waals surface area contributed by atoms with Crippen LogP contribution in [0.5, 0.6) is 5.75 Å². The summed E-state index contributed by atoms with van der Waals surface area (Å²) in [6.45, 7) is 3.58. The lowest BCUT2D eigenvalue weighted by Crippen LogP contribution is -2.38. The van der Waals surface area contributed by atoms with Crippen LogP contribution in [0.3, 0.4) is 0 Å². The standard InChI is InChI=1S/C29H27N5O2/c30-15-20-2-1-3-22(12-20)26-18-33-28-25(26)13-23(17-32-28)21-6-7-24-27(14-21)36-11-10-34(29(24)35)9-8-31-16-19-4-5-19/h1-3,6-7,12-14,17-19,31H,4-5,8-11,16H2,(H,32,33). The third-order valence-corrected chi connectivity index (χ3v) is 6.97. The highest BCUT2D eigenvalue weighted by Crippen LogP contribution is 2.34. The molecule has 7 heteroatoms. The minimum Gasteiger partial charge on any atom is -0.491 e. The first-order valence-electron chi connectivity index (χ1n) is 12.4. The Labute approximate surface area is 209 Å². The van der Waals surface area contributed by atoms with E-state index in [1.165, 1.54) is 12.8 Å². The van der Waals surface area contributed by atoms with Gasteiger partial charge in [-0.25, -0.2) is 4.98 Å². The molecule has 2 aromatic heterocycles. The van der Waals surface area contributed by atoms with E-state index in [9.17, 15) is 10.1 Å². The van der Waals surface area contributed by atoms with Crippen LogP contribution >= 0.6 is 0 Å². The van der Waals surface area contributed by atoms with E-state index in [0.29, 0.717) is 36.6 Å². The van der Waals surface area contributed by atoms with Gasteiger partial charge in [0.1, 0.15) is 18.0 Å². The van der Waals surface area contributed by atoms with E-state index in [4.69, 9.17) is 4.74 Å². The van der Waals surface area contributed by atoms with E-state index in [0.717, 1.165) is 52.3 Å². The minimum atomic E-state index is 0.0149. The maximum absolute atomic E-state index is 13.2. The van der Waals surface area contributed by atoms with Crippen LogP contribution in [0.15, 0.2) is 60.9 Å². The van der Waals surface area contributed by atoms with E-state index in [-0.39, 0.29) is 5.91 Å². The number of carbonyl (C=O) groups is 1. The fraction of sp³-hybridized carbons (Fsp3) is 0.276. The highest BCUT2D eigenvalue weighted by molar-refractivity contribution is 5.99. The molecule has 2 aromatic carbocycles. The van der Waals surface area contributed by atoms with E-state index in [1.54, 1.807) is 6.07 Å². The number of fused-ring (bicyclic) bond motifs is 2. The first kappa shape index (κ1) is 22.3. The molecule has 0 radical (unpaired) electrons. The van der Waals surface area contributed by atoms with Gasteiger partial charge in [-0.15, -0.1) is 0 Å². The van der Waals surface area contributed by atoms with Crippen LogP contribution in [0.1, 0.15) is 28.8 Å². The molecule has 6 rings (SSSR count). The summed E-state index contributed by atoms with van der Waals surface area (Å²) >= 11 is 0. The number of hydrogen-bond donors (Lipinski definition) is 2. The third-order valence-electron chi connectivity index (χ3n) is 6.97. The van der Waals surface area contributed by atoms with Crippen molar-refractivity contribution in [2.24, 2.45) is 5.92 Å². The molecule has 1 aliphatic heterocycles. The van der Waals surface area contributed by atoms with Gasteiger partial charge in [0.2, 0.25) is 0 Å². The molecule has 2 aliphatic rings. The number of H-pyrrole nitrogens is 1. The normalized spacial score (nSPS) is 15.3. The fourth-order valence-electron chi connectivity index (χ4n) is 4.75. The number of aromatic amines is 1. The summed E-state index contributed by atoms with van der Waals surface area (Å²) in [5.41, 5.74) is 5.82. The summed E-state index contributed by atoms with van der Waals surface area (Å²) < 4.78 is 6.02. The highest BCUT2D eigenvalue weighted by atomic mass is 16.5. The molecular formula is C29H27N5O2. The van der Waals surface area contributed by atoms with Crippen LogP contribution in [-0.4, -0.2) is 53.6 Å². The largest absolute Gasteiger partial charge is 0.491 e. The Morgan fingerprint density at radius 3 is 2.89 bits per heavy atom. The first-order valence-corrected chi connectivity index (χ1v) is 12.4. The second-order valence-electron chi connectivity index (χ2n) is 9.51. The Bertz CT molecular complexity index is 1480. The molecule has 2 N–H and O–H groups in total. The number of carbonyl (C=O) groups excluding carboxylic acids is 1. The monoisotopic (exact) mass is 477 g/mol. The summed E-state index contributed by atoms with van der Waals surface area (Å²) in [6, 6.07) is 17.6. The number of pyridine rings is 1. The van der Waals surface area contributed by atoms with Gasteiger partial charge in [0.15, 0.2) is 0 Å². The highest BCUT2D eigenvalue weighted by Gasteiger charge is 2.25. The number of ether oxygens (including phenoxy) is 1. The second kappa shape index (κ2) is 9.48. The van der Waals surface area contributed by atoms with Crippen molar-refractivity contribution in [3.05, 3.63) is 72.1 Å². The number of nitriles is 1. The summed E-state index contributed by atoms with van der Waals surface area (Å²) in [5.74, 6) is 1.45. The zero-order chi connectivity index (χ0) is 24.5. The molecule has 0 unspecified atom stereocenters. The average Bonchev–Trinajstić information content (AvgIpc) is 3.67. The zero-order valence-electron chi connectivity index (χ0n) is 20.0. The topological polar surface area (TPSA) is 94.0 Å². The number of aromatic nitrogens is 2. The SMILES string of the molecule is N#Cc1cccc(-c2c[nH]c3ncc(-c4ccc5c(c4)OCCN(CCNCC4CC4)C5=O)cc23)c1. The van der Waals surface area contributed by atoms with Crippen molar-refractivity contribution in [2.75, 3.05) is 32.8 Å². The lowest BCUT2D eigenvalue weighted by molar-refractivity contribution is 0.0757. The molecule has 0 bridgehead atoms. The molecule has 180 valence electrons. The molecule has 1 amide bonds. The van der Waals surface area contributed by atoms with Gasteiger partial charge in [-0.1, -0.05) is 18.2 Å². The maximum atomic E-state index is 13.2. The predicted molar refractivity (Wildman–Crippen MR) is 139 cm³/mol. The van der Waals surface area contributed by atoms with Gasteiger partial charge in [0.05, 0.1) is 23.7 Å². The Kier molecular flexibility index (Phi) is 5.88. The van der Waals surface area contributed by atoms with Crippen molar-refractivity contribution in [3.63, 3.8) is 0 Å². The van der Waals surface area contributed by atoms with Gasteiger partial charge in [0, 0.05) is 42.0 Å². The first-order chi connectivity index (χ1) is 17.7. The van der Waals surface area contributed by atoms with Crippen molar-refractivity contribution >= 4 is 16.9 Å². The van der Waals surface area contributed by atoms with E-state index in [2.05, 4.69) is 27.4 Å². The van der Waals surface area contributed by atoms with Crippen molar-refractivity contribution in [1.82, 2.24) is 20.2 Å². The average molecular weight is 478 g/mol. The smallest absolute Gasteiger partial charge is 0.257 e. The quantitative estimate of drug-likeness (QED) is 0.379. The Morgan fingerprint density at radius 1 is 1.11 bits per heavy atom. The fourth-order valence-corrected chi connectivity index (χ4v) is 4.75. The van der Waals surface area contributed by atoms with Crippen LogP contribution in [0, 0.1) is 17.2 Å². The van der Waals surface area contributed by atoms with E-state index in [1.807, 2.05) is 53.7 Å². The van der Waals surface area contributed by atoms with Crippen LogP contribution in [0.25, 0.3) is 33.3 Å². The number of rotatable bonds is 7. The lowest BCUT2D eigenvalue weighted by Gasteiger charge is -2.20. The summed E-state index contributed by atoms with van der Waals surface area (Å²) in [4.78, 5) is 22.9. The van der Waals surface area contributed by atoms with Crippen LogP contribution in [-0.2, 0) is 0 Å². The van der Waals surface area contributed by atoms with Crippen LogP contribution in [0.4, 0.5) is 0 Å². The minimum absolute atomic E-state index is 0.0149. The van der Waals surface area contributed by atoms with Gasteiger partial charge in [-0.05, 0) is 66.8 Å². The number of amides is 1. The molecule has 0 spiro atoms. The van der Waals surface area contributed by atoms with Gasteiger partial charge in [-0.3, -0.25) is 4.79 Å². The summed E-state index contributed by atoms with van der Waals surface area (Å²) in [7, 11) is 0. The predicted octanol–water partition coefficient (Wildman–Crippen LogP) is 4.60. The van der Waals surface area contributed by atoms with Crippen molar-refractivity contribution in [3.8, 4) is 34.1 Å². The maximum Gasteiger partial charge on any atom is 0.257 e. The summed E-state index contributed by atoms with van der Waals surface area (Å²) in [6.07, 6.45) is 6.39. The van der Waals surface area contributed by atoms with Crippen LogP contribution in [0.2, 0.25) is 0 Å². The Balaban J connectivity index is 1.26. The Morgan fingerprint density at radius 2 is 2.03 bits per heavy atom. The van der Waals surface area contributed by atoms with E-state index >= 15 is 0 Å². The van der Waals surface area contributed by atoms with Crippen LogP contribution < -0.4 is 10.1 Å². The molecule has 7 nitrogen and oxygen atoms in total. The Hall–Kier alpha value is -4.15. The molecule has 4 aromatic rings. The molecule has 36 heavy (non-hydrogen) atoms. The zero-order valence-corrected chi connectivity index (χ0v) is 20.0. The van der Waals surface area contributed by atoms with Crippen molar-refractivity contribution in [1.29, 1.82) is 5.26 Å². The van der Waals surface area contributed by atoms with Gasteiger partial charge < -0.3 is 19.9 Å². The van der Waals surface area contributed by atoms with Crippen molar-refractivity contribution < 1.29 is 9.53 Å². The van der Waals surface area contributed by atoms with Gasteiger partial charge >= 0.3 is 0 Å². The number of benzene rings is 2. The molecule has 3 heterocycles. The van der Waals surface area contributed by atoms with Crippen molar-refractivity contribution in [2.45, 2.75) is 12.8 Å². The lowest BCUT2D eigenvalue weighted by atomic mass is 10.00. The number of nitrogens with one attached hydrogen (secondary N) is 2. The molecule has 1 aliphatic carbocycles. The number of hydrogen-bond acceptors (Lipinski definition) is 5. The third kappa shape index (κ3) is 4.43. The van der Waals surface area contributed by atoms with Gasteiger partial charge in [0.25, 0.3) is 5.91 Å². The number of nitrogens with zero attached hydrogens (tertiary/aromatic N) is 3. The molecule has 0 atom stereocenters. The molecule has 0 saturated heterocycles. The molecular weight excluding hydrogens is 450 g/mol. The molecule has 1 saturated carbocycles. The molecule has 1 fully saturated rings. The van der Waals surface area contributed by atoms with E-state index < -0.39 is 0 Å². The second-order valence-corrected chi connectivity index (χ2v) is 9.51. The summed E-state index contributed by atoms with van der Waals surface area (Å²) in [5, 5.41) is 13.7.